The third-order valence-electron chi connectivity index (χ3n) is 5.66. The number of aromatic nitrogens is 3. The second kappa shape index (κ2) is 5.92. The van der Waals surface area contributed by atoms with Crippen molar-refractivity contribution in [3.8, 4) is 22.5 Å². The van der Waals surface area contributed by atoms with Crippen LogP contribution in [0.2, 0.25) is 0 Å². The van der Waals surface area contributed by atoms with Crippen LogP contribution in [-0.2, 0) is 20.6 Å². The van der Waals surface area contributed by atoms with Crippen LogP contribution in [-0.4, -0.2) is 13.7 Å². The molecule has 3 heterocycles. The highest BCUT2D eigenvalue weighted by Gasteiger charge is 2.13. The van der Waals surface area contributed by atoms with Crippen LogP contribution in [0.4, 0.5) is 0 Å². The Bertz CT molecular complexity index is 1180. The van der Waals surface area contributed by atoms with E-state index >= 15 is 0 Å². The highest BCUT2D eigenvalue weighted by molar-refractivity contribution is 6.09. The summed E-state index contributed by atoms with van der Waals surface area (Å²) < 4.78 is 6.78. The van der Waals surface area contributed by atoms with Crippen molar-refractivity contribution in [2.45, 2.75) is 13.5 Å². The van der Waals surface area contributed by atoms with Crippen molar-refractivity contribution >= 4 is 21.8 Å². The molecule has 5 rings (SSSR count). The summed E-state index contributed by atoms with van der Waals surface area (Å²) >= 11 is 0. The largest absolute Gasteiger partial charge is 0.351 e. The van der Waals surface area contributed by atoms with Crippen molar-refractivity contribution in [1.29, 1.82) is 0 Å². The zero-order valence-corrected chi connectivity index (χ0v) is 16.0. The van der Waals surface area contributed by atoms with Crippen molar-refractivity contribution in [2.24, 2.45) is 14.1 Å². The lowest BCUT2D eigenvalue weighted by Crippen LogP contribution is -1.95. The van der Waals surface area contributed by atoms with E-state index in [0.29, 0.717) is 0 Å². The molecule has 134 valence electrons. The van der Waals surface area contributed by atoms with Crippen molar-refractivity contribution in [2.75, 3.05) is 0 Å². The van der Waals surface area contributed by atoms with Gasteiger partial charge in [-0.25, -0.2) is 0 Å². The highest BCUT2D eigenvalue weighted by Crippen LogP contribution is 2.34. The maximum Gasteiger partial charge on any atom is 0.0498 e. The van der Waals surface area contributed by atoms with Crippen LogP contribution >= 0.6 is 0 Å². The summed E-state index contributed by atoms with van der Waals surface area (Å²) in [5.41, 5.74) is 7.61. The van der Waals surface area contributed by atoms with Crippen molar-refractivity contribution in [1.82, 2.24) is 13.7 Å². The second-order valence-electron chi connectivity index (χ2n) is 7.22. The number of rotatable bonds is 3. The Kier molecular flexibility index (Phi) is 3.51. The molecule has 0 bridgehead atoms. The van der Waals surface area contributed by atoms with Crippen LogP contribution < -0.4 is 0 Å². The van der Waals surface area contributed by atoms with Gasteiger partial charge in [0.15, 0.2) is 0 Å². The lowest BCUT2D eigenvalue weighted by atomic mass is 10.1. The van der Waals surface area contributed by atoms with E-state index in [4.69, 9.17) is 0 Å². The Morgan fingerprint density at radius 1 is 0.667 bits per heavy atom. The third-order valence-corrected chi connectivity index (χ3v) is 5.66. The molecular formula is C24H23N3. The van der Waals surface area contributed by atoms with Gasteiger partial charge in [-0.3, -0.25) is 0 Å². The van der Waals surface area contributed by atoms with Gasteiger partial charge in [0.25, 0.3) is 0 Å². The summed E-state index contributed by atoms with van der Waals surface area (Å²) in [6, 6.07) is 22.2. The van der Waals surface area contributed by atoms with Gasteiger partial charge < -0.3 is 13.7 Å². The molecule has 0 aliphatic carbocycles. The molecule has 5 aromatic rings. The summed E-state index contributed by atoms with van der Waals surface area (Å²) in [5, 5.41) is 2.64. The monoisotopic (exact) mass is 353 g/mol. The zero-order chi connectivity index (χ0) is 18.5. The van der Waals surface area contributed by atoms with Crippen LogP contribution in [0.3, 0.4) is 0 Å². The molecule has 0 saturated carbocycles. The number of hydrogen-bond acceptors (Lipinski definition) is 0. The minimum absolute atomic E-state index is 0.952. The molecule has 0 fully saturated rings. The first kappa shape index (κ1) is 16.0. The maximum atomic E-state index is 2.43. The first-order chi connectivity index (χ1) is 13.2. The molecule has 0 saturated heterocycles. The summed E-state index contributed by atoms with van der Waals surface area (Å²) in [6.07, 6.45) is 4.20. The molecule has 3 heteroatoms. The molecule has 0 amide bonds. The predicted octanol–water partition coefficient (Wildman–Crippen LogP) is 5.83. The van der Waals surface area contributed by atoms with Gasteiger partial charge in [-0.05, 0) is 43.3 Å². The van der Waals surface area contributed by atoms with Crippen LogP contribution in [0.1, 0.15) is 6.92 Å². The van der Waals surface area contributed by atoms with Gasteiger partial charge in [-0.15, -0.1) is 0 Å². The van der Waals surface area contributed by atoms with E-state index in [9.17, 15) is 0 Å². The number of nitrogens with zero attached hydrogens (tertiary/aromatic N) is 3. The number of fused-ring (bicyclic) bond motifs is 3. The van der Waals surface area contributed by atoms with E-state index in [1.54, 1.807) is 0 Å². The van der Waals surface area contributed by atoms with Gasteiger partial charge in [-0.1, -0.05) is 24.3 Å². The molecule has 27 heavy (non-hydrogen) atoms. The highest BCUT2D eigenvalue weighted by atomic mass is 15.0. The lowest BCUT2D eigenvalue weighted by molar-refractivity contribution is 0.827. The van der Waals surface area contributed by atoms with E-state index in [2.05, 4.69) is 108 Å². The van der Waals surface area contributed by atoms with Crippen LogP contribution in [0.5, 0.6) is 0 Å². The molecular weight excluding hydrogens is 330 g/mol. The topological polar surface area (TPSA) is 14.8 Å². The number of benzene rings is 2. The fourth-order valence-corrected chi connectivity index (χ4v) is 4.28. The van der Waals surface area contributed by atoms with Crippen LogP contribution in [0.15, 0.2) is 73.1 Å². The summed E-state index contributed by atoms with van der Waals surface area (Å²) in [7, 11) is 4.20. The predicted molar refractivity (Wildman–Crippen MR) is 114 cm³/mol. The Hall–Kier alpha value is -3.20. The first-order valence-electron chi connectivity index (χ1n) is 9.47. The molecule has 0 radical (unpaired) electrons. The van der Waals surface area contributed by atoms with E-state index in [0.717, 1.165) is 6.54 Å². The molecule has 0 N–H and O–H groups in total. The van der Waals surface area contributed by atoms with Gasteiger partial charge >= 0.3 is 0 Å². The molecule has 0 aliphatic rings. The van der Waals surface area contributed by atoms with Crippen molar-refractivity contribution < 1.29 is 0 Å². The van der Waals surface area contributed by atoms with Gasteiger partial charge in [0.2, 0.25) is 0 Å². The maximum absolute atomic E-state index is 2.43. The second-order valence-corrected chi connectivity index (χ2v) is 7.22. The van der Waals surface area contributed by atoms with Crippen LogP contribution in [0, 0.1) is 0 Å². The summed E-state index contributed by atoms with van der Waals surface area (Å²) in [4.78, 5) is 0. The lowest BCUT2D eigenvalue weighted by Gasteiger charge is -2.08. The van der Waals surface area contributed by atoms with Gasteiger partial charge in [-0.2, -0.15) is 0 Å². The Morgan fingerprint density at radius 2 is 1.15 bits per heavy atom. The summed E-state index contributed by atoms with van der Waals surface area (Å²) in [6.45, 7) is 3.18. The SMILES string of the molecule is CCn1c2cc(-c3cccn3C)ccc2c2ccc(-c3cccn3C)cc21. The Morgan fingerprint density at radius 3 is 1.52 bits per heavy atom. The Labute approximate surface area is 159 Å². The average molecular weight is 353 g/mol. The first-order valence-corrected chi connectivity index (χ1v) is 9.47. The Balaban J connectivity index is 1.78. The van der Waals surface area contributed by atoms with E-state index in [1.165, 1.54) is 44.3 Å². The smallest absolute Gasteiger partial charge is 0.0498 e. The number of hydrogen-bond donors (Lipinski definition) is 0. The normalized spacial score (nSPS) is 11.7. The van der Waals surface area contributed by atoms with Crippen molar-refractivity contribution in [3.63, 3.8) is 0 Å². The molecule has 0 unspecified atom stereocenters. The molecule has 0 spiro atoms. The molecule has 2 aromatic carbocycles. The molecule has 0 aliphatic heterocycles. The minimum Gasteiger partial charge on any atom is -0.351 e. The van der Waals surface area contributed by atoms with Gasteiger partial charge in [0.05, 0.1) is 0 Å². The standard InChI is InChI=1S/C24H23N3/c1-4-27-23-15-17(21-7-5-13-25(21)2)9-11-19(23)20-12-10-18(16-24(20)27)22-8-6-14-26(22)3/h5-16H,4H2,1-3H3. The quantitative estimate of drug-likeness (QED) is 0.388. The van der Waals surface area contributed by atoms with Crippen molar-refractivity contribution in [3.05, 3.63) is 73.1 Å². The van der Waals surface area contributed by atoms with E-state index < -0.39 is 0 Å². The third kappa shape index (κ3) is 2.35. The summed E-state index contributed by atoms with van der Waals surface area (Å²) in [5.74, 6) is 0. The molecule has 0 atom stereocenters. The fourth-order valence-electron chi connectivity index (χ4n) is 4.28. The van der Waals surface area contributed by atoms with Crippen LogP contribution in [0.25, 0.3) is 44.3 Å². The fraction of sp³-hybridized carbons (Fsp3) is 0.167. The number of aryl methyl sites for hydroxylation is 3. The van der Waals surface area contributed by atoms with E-state index in [-0.39, 0.29) is 0 Å². The van der Waals surface area contributed by atoms with E-state index in [1.807, 2.05) is 0 Å². The molecule has 3 nitrogen and oxygen atoms in total. The average Bonchev–Trinajstić information content (AvgIpc) is 3.37. The van der Waals surface area contributed by atoms with Gasteiger partial charge in [0.1, 0.15) is 0 Å². The zero-order valence-electron chi connectivity index (χ0n) is 16.0. The minimum atomic E-state index is 0.952. The molecule has 3 aromatic heterocycles. The van der Waals surface area contributed by atoms with Gasteiger partial charge in [0, 0.05) is 77.4 Å².